The molecule has 0 amide bonds. The fourth-order valence-corrected chi connectivity index (χ4v) is 6.42. The van der Waals surface area contributed by atoms with Crippen LogP contribution in [-0.4, -0.2) is 48.1 Å². The third-order valence-electron chi connectivity index (χ3n) is 6.93. The molecule has 1 aromatic heterocycles. The molecule has 1 fully saturated rings. The van der Waals surface area contributed by atoms with Crippen LogP contribution in [0, 0.1) is 24.0 Å². The highest BCUT2D eigenvalue weighted by atomic mass is 32.2. The van der Waals surface area contributed by atoms with Crippen LogP contribution >= 0.6 is 9.39 Å². The number of amidine groups is 1. The molecule has 1 aromatic carbocycles. The van der Waals surface area contributed by atoms with Gasteiger partial charge in [0, 0.05) is 60.2 Å². The largest absolute Gasteiger partial charge is 0.377 e. The zero-order chi connectivity index (χ0) is 28.2. The van der Waals surface area contributed by atoms with Crippen molar-refractivity contribution in [3.05, 3.63) is 76.4 Å². The number of terminal acetylenes is 1. The van der Waals surface area contributed by atoms with Gasteiger partial charge in [0.15, 0.2) is 5.82 Å². The molecule has 8 heteroatoms. The summed E-state index contributed by atoms with van der Waals surface area (Å²) in [4.78, 5) is 11.4. The Hall–Kier alpha value is -3.57. The number of piperidine rings is 1. The number of anilines is 1. The summed E-state index contributed by atoms with van der Waals surface area (Å²) in [7, 11) is 1.41. The van der Waals surface area contributed by atoms with Crippen molar-refractivity contribution in [2.45, 2.75) is 50.8 Å². The number of hydrogen-bond acceptors (Lipinski definition) is 4. The van der Waals surface area contributed by atoms with Crippen molar-refractivity contribution >= 4 is 32.7 Å². The van der Waals surface area contributed by atoms with E-state index in [0.29, 0.717) is 31.4 Å². The molecule has 2 aromatic rings. The van der Waals surface area contributed by atoms with Gasteiger partial charge >= 0.3 is 0 Å². The molecule has 2 N–H and O–H groups in total. The zero-order valence-electron chi connectivity index (χ0n) is 22.9. The third-order valence-corrected chi connectivity index (χ3v) is 8.74. The first kappa shape index (κ1) is 29.0. The predicted octanol–water partition coefficient (Wildman–Crippen LogP) is 6.19. The van der Waals surface area contributed by atoms with Crippen molar-refractivity contribution in [2.24, 2.45) is 4.99 Å². The Morgan fingerprint density at radius 1 is 1.32 bits per heavy atom. The number of hydrogen-bond donors (Lipinski definition) is 2. The summed E-state index contributed by atoms with van der Waals surface area (Å²) < 4.78 is 34.2. The fraction of sp³-hybridized carbons (Fsp3) is 0.333. The molecular weight excluding hydrogens is 500 g/mol. The Balaban J connectivity index is 1.91. The van der Waals surface area contributed by atoms with Gasteiger partial charge in [-0.25, -0.2) is 8.78 Å². The maximum Gasteiger partial charge on any atom is 0.153 e. The Morgan fingerprint density at radius 2 is 2.03 bits per heavy atom. The Kier molecular flexibility index (Phi) is 9.05. The average Bonchev–Trinajstić information content (AvgIpc) is 2.89. The first-order chi connectivity index (χ1) is 17.9. The number of pyridine rings is 1. The van der Waals surface area contributed by atoms with Gasteiger partial charge in [0.2, 0.25) is 0 Å². The number of allylic oxidation sites excluding steroid dienone is 2. The van der Waals surface area contributed by atoms with Crippen molar-refractivity contribution in [3.63, 3.8) is 0 Å². The van der Waals surface area contributed by atoms with Gasteiger partial charge in [-0.15, -0.1) is 15.8 Å². The predicted molar refractivity (Wildman–Crippen MR) is 160 cm³/mol. The van der Waals surface area contributed by atoms with E-state index in [1.54, 1.807) is 13.2 Å². The molecule has 1 saturated heterocycles. The molecule has 0 unspecified atom stereocenters. The van der Waals surface area contributed by atoms with Crippen LogP contribution in [0.1, 0.15) is 56.4 Å². The van der Waals surface area contributed by atoms with Crippen LogP contribution in [-0.2, 0) is 6.42 Å². The van der Waals surface area contributed by atoms with E-state index in [1.165, 1.54) is 12.1 Å². The van der Waals surface area contributed by atoms with Gasteiger partial charge in [0.05, 0.1) is 17.2 Å². The average molecular weight is 538 g/mol. The number of rotatable bonds is 7. The lowest BCUT2D eigenvalue weighted by molar-refractivity contribution is 0.300. The molecule has 0 saturated carbocycles. The lowest BCUT2D eigenvalue weighted by Crippen LogP contribution is -2.32. The summed E-state index contributed by atoms with van der Waals surface area (Å²) in [5, 5.41) is 3.18. The van der Waals surface area contributed by atoms with Crippen molar-refractivity contribution in [1.29, 1.82) is 0 Å². The van der Waals surface area contributed by atoms with E-state index in [-0.39, 0.29) is 17.2 Å². The highest BCUT2D eigenvalue weighted by molar-refractivity contribution is 8.28. The van der Waals surface area contributed by atoms with Gasteiger partial charge in [0.1, 0.15) is 5.82 Å². The molecule has 0 aliphatic carbocycles. The van der Waals surface area contributed by atoms with Gasteiger partial charge in [-0.1, -0.05) is 31.2 Å². The Bertz CT molecular complexity index is 1450. The molecule has 1 atom stereocenters. The van der Waals surface area contributed by atoms with Crippen molar-refractivity contribution in [3.8, 4) is 12.3 Å². The summed E-state index contributed by atoms with van der Waals surface area (Å²) in [6, 6.07) is 4.54. The summed E-state index contributed by atoms with van der Waals surface area (Å²) >= 11 is 0. The second-order valence-electron chi connectivity index (χ2n) is 9.58. The van der Waals surface area contributed by atoms with Gasteiger partial charge in [-0.3, -0.25) is 9.98 Å². The van der Waals surface area contributed by atoms with Crippen LogP contribution in [0.3, 0.4) is 0 Å². The van der Waals surface area contributed by atoms with Crippen molar-refractivity contribution in [2.75, 3.05) is 25.4 Å². The van der Waals surface area contributed by atoms with Crippen molar-refractivity contribution in [1.82, 2.24) is 15.2 Å². The molecule has 0 bridgehead atoms. The number of benzene rings is 1. The molecule has 0 radical (unpaired) electrons. The second kappa shape index (κ2) is 11.9. The highest BCUT2D eigenvalue weighted by Gasteiger charge is 2.29. The lowest BCUT2D eigenvalue weighted by Gasteiger charge is -2.36. The third kappa shape index (κ3) is 6.11. The van der Waals surface area contributed by atoms with Crippen LogP contribution in [0.2, 0.25) is 0 Å². The molecular formula is C30H37F2N5S. The van der Waals surface area contributed by atoms with E-state index >= 15 is 8.78 Å². The van der Waals surface area contributed by atoms with Gasteiger partial charge in [0.25, 0.3) is 0 Å². The van der Waals surface area contributed by atoms with Gasteiger partial charge in [-0.2, -0.15) is 0 Å². The summed E-state index contributed by atoms with van der Waals surface area (Å²) in [6.07, 6.45) is 9.11. The minimum absolute atomic E-state index is 0.0749. The molecule has 38 heavy (non-hydrogen) atoms. The number of nitrogens with zero attached hydrogens (tertiary/aromatic N) is 3. The molecule has 0 spiro atoms. The van der Waals surface area contributed by atoms with Crippen LogP contribution < -0.4 is 10.0 Å². The quantitative estimate of drug-likeness (QED) is 0.191. The first-order valence-corrected chi connectivity index (χ1v) is 14.4. The number of likely N-dealkylation sites (N-methyl/N-ethyl adjacent to an activating group) is 1. The monoisotopic (exact) mass is 537 g/mol. The maximum atomic E-state index is 15.9. The minimum atomic E-state index is -2.24. The Morgan fingerprint density at radius 3 is 2.63 bits per heavy atom. The summed E-state index contributed by atoms with van der Waals surface area (Å²) in [5.41, 5.74) is 4.48. The van der Waals surface area contributed by atoms with Crippen LogP contribution in [0.5, 0.6) is 0 Å². The van der Waals surface area contributed by atoms with Crippen LogP contribution in [0.4, 0.5) is 14.5 Å². The van der Waals surface area contributed by atoms with E-state index in [4.69, 9.17) is 6.42 Å². The summed E-state index contributed by atoms with van der Waals surface area (Å²) in [5.74, 6) is 10.4. The number of likely N-dealkylation sites (tertiary alicyclic amines) is 1. The van der Waals surface area contributed by atoms with E-state index < -0.39 is 21.0 Å². The normalized spacial score (nSPS) is 17.6. The molecule has 1 aliphatic heterocycles. The molecule has 1 aliphatic rings. The molecule has 2 heterocycles. The lowest BCUT2D eigenvalue weighted by atomic mass is 9.87. The minimum Gasteiger partial charge on any atom is -0.377 e. The highest BCUT2D eigenvalue weighted by Crippen LogP contribution is 2.41. The van der Waals surface area contributed by atoms with Crippen LogP contribution in [0.25, 0.3) is 0 Å². The molecule has 5 nitrogen and oxygen atoms in total. The number of nitrogens with one attached hydrogen (secondary N) is 2. The topological polar surface area (TPSA) is 52.6 Å². The smallest absolute Gasteiger partial charge is 0.153 e. The van der Waals surface area contributed by atoms with E-state index in [2.05, 4.69) is 49.2 Å². The second-order valence-corrected chi connectivity index (χ2v) is 12.0. The van der Waals surface area contributed by atoms with Crippen LogP contribution in [0.15, 0.2) is 57.8 Å². The van der Waals surface area contributed by atoms with E-state index in [9.17, 15) is 0 Å². The number of halogens is 2. The SMILES string of the molecule is C#Cc1cnc(CC)c(S(=C)(=C)Nc2ccc(F)c([C@@H]3CC/C(=C(/C)C(=C)NC(C)=NC)N(C)C3)c2F)c1. The number of aromatic nitrogens is 1. The standard InChI is InChI=1S/C30H37F2N5S/c1-10-22-16-28(25(11-2)34-17-22)38(8,9)36-26-14-13-24(31)29(30(26)32)23-12-15-27(37(7)18-23)19(3)20(4)35-21(5)33-6/h1,13-14,16-17,23,36H,4,8-9,11-12,15,18H2,2-3,5-7H3,(H,33,35)/b27-19+/t23-/m1/s1. The summed E-state index contributed by atoms with van der Waals surface area (Å²) in [6.45, 7) is 10.4. The first-order valence-electron chi connectivity index (χ1n) is 12.4. The molecule has 202 valence electrons. The molecule has 3 rings (SSSR count). The van der Waals surface area contributed by atoms with Gasteiger partial charge in [-0.05, 0) is 56.9 Å². The Labute approximate surface area is 226 Å². The van der Waals surface area contributed by atoms with Gasteiger partial charge < -0.3 is 14.9 Å². The maximum absolute atomic E-state index is 15.9. The number of aryl methyl sites for hydroxylation is 1. The zero-order valence-corrected chi connectivity index (χ0v) is 23.7. The van der Waals surface area contributed by atoms with E-state index in [1.807, 2.05) is 33.9 Å². The number of aliphatic imine (C=N–C) groups is 1. The van der Waals surface area contributed by atoms with E-state index in [0.717, 1.165) is 33.4 Å². The van der Waals surface area contributed by atoms with Crippen molar-refractivity contribution < 1.29 is 8.78 Å². The fourth-order valence-electron chi connectivity index (χ4n) is 4.73.